The van der Waals surface area contributed by atoms with Gasteiger partial charge in [-0.15, -0.1) is 0 Å². The lowest BCUT2D eigenvalue weighted by molar-refractivity contribution is 0.305. The lowest BCUT2D eigenvalue weighted by Crippen LogP contribution is -2.00. The molecular formula is C13H10Br2FNO. The van der Waals surface area contributed by atoms with Crippen LogP contribution in [-0.4, -0.2) is 0 Å². The van der Waals surface area contributed by atoms with Crippen LogP contribution in [0.25, 0.3) is 0 Å². The molecule has 2 aromatic carbocycles. The van der Waals surface area contributed by atoms with E-state index >= 15 is 0 Å². The summed E-state index contributed by atoms with van der Waals surface area (Å²) in [6, 6.07) is 10.2. The van der Waals surface area contributed by atoms with Crippen LogP contribution in [0.3, 0.4) is 0 Å². The van der Waals surface area contributed by atoms with Crippen molar-refractivity contribution < 1.29 is 9.13 Å². The highest BCUT2D eigenvalue weighted by Gasteiger charge is 2.04. The molecule has 0 fully saturated rings. The molecule has 0 aliphatic carbocycles. The van der Waals surface area contributed by atoms with E-state index in [0.717, 1.165) is 10.0 Å². The van der Waals surface area contributed by atoms with Gasteiger partial charge in [0.1, 0.15) is 18.2 Å². The average molecular weight is 375 g/mol. The predicted octanol–water partition coefficient (Wildman–Crippen LogP) is 4.51. The van der Waals surface area contributed by atoms with Crippen molar-refractivity contribution >= 4 is 37.5 Å². The Balaban J connectivity index is 2.09. The molecule has 0 atom stereocenters. The van der Waals surface area contributed by atoms with E-state index < -0.39 is 0 Å². The fourth-order valence-corrected chi connectivity index (χ4v) is 2.05. The Hall–Kier alpha value is -1.07. The first-order valence-electron chi connectivity index (χ1n) is 5.18. The Bertz CT molecular complexity index is 575. The molecular weight excluding hydrogens is 365 g/mol. The molecule has 0 aliphatic rings. The van der Waals surface area contributed by atoms with E-state index in [1.807, 2.05) is 12.1 Å². The van der Waals surface area contributed by atoms with Gasteiger partial charge in [0.15, 0.2) is 0 Å². The van der Waals surface area contributed by atoms with Gasteiger partial charge in [0, 0.05) is 21.8 Å². The largest absolute Gasteiger partial charge is 0.489 e. The molecule has 94 valence electrons. The lowest BCUT2D eigenvalue weighted by Gasteiger charge is -2.09. The fraction of sp³-hybridized carbons (Fsp3) is 0.0769. The number of halogens is 3. The molecule has 0 unspecified atom stereocenters. The summed E-state index contributed by atoms with van der Waals surface area (Å²) in [4.78, 5) is 0. The Morgan fingerprint density at radius 3 is 2.56 bits per heavy atom. The Morgan fingerprint density at radius 1 is 1.11 bits per heavy atom. The fourth-order valence-electron chi connectivity index (χ4n) is 1.42. The highest BCUT2D eigenvalue weighted by Crippen LogP contribution is 2.23. The molecule has 0 saturated heterocycles. The number of nitrogens with two attached hydrogens (primary N) is 1. The molecule has 2 nitrogen and oxygen atoms in total. The SMILES string of the molecule is Nc1cc(Br)ccc1COc1ccc(Br)c(F)c1. The van der Waals surface area contributed by atoms with Crippen LogP contribution in [-0.2, 0) is 6.61 Å². The molecule has 0 aromatic heterocycles. The molecule has 2 rings (SSSR count). The number of rotatable bonds is 3. The van der Waals surface area contributed by atoms with E-state index in [2.05, 4.69) is 31.9 Å². The van der Waals surface area contributed by atoms with Gasteiger partial charge in [0.2, 0.25) is 0 Å². The van der Waals surface area contributed by atoms with E-state index in [1.54, 1.807) is 18.2 Å². The van der Waals surface area contributed by atoms with Gasteiger partial charge in [-0.05, 0) is 40.2 Å². The molecule has 0 spiro atoms. The second-order valence-corrected chi connectivity index (χ2v) is 5.48. The average Bonchev–Trinajstić information content (AvgIpc) is 2.32. The molecule has 0 bridgehead atoms. The van der Waals surface area contributed by atoms with Crippen molar-refractivity contribution in [2.24, 2.45) is 0 Å². The summed E-state index contributed by atoms with van der Waals surface area (Å²) in [6.45, 7) is 0.306. The van der Waals surface area contributed by atoms with E-state index in [4.69, 9.17) is 10.5 Å². The monoisotopic (exact) mass is 373 g/mol. The third-order valence-corrected chi connectivity index (χ3v) is 3.53. The first-order chi connectivity index (χ1) is 8.56. The predicted molar refractivity (Wildman–Crippen MR) is 77.0 cm³/mol. The van der Waals surface area contributed by atoms with Crippen molar-refractivity contribution in [1.29, 1.82) is 0 Å². The normalized spacial score (nSPS) is 10.4. The number of benzene rings is 2. The molecule has 0 heterocycles. The summed E-state index contributed by atoms with van der Waals surface area (Å²) < 4.78 is 20.1. The summed E-state index contributed by atoms with van der Waals surface area (Å²) in [5.41, 5.74) is 7.35. The number of nitrogen functional groups attached to an aromatic ring is 1. The van der Waals surface area contributed by atoms with Crippen molar-refractivity contribution in [3.05, 3.63) is 56.7 Å². The van der Waals surface area contributed by atoms with Crippen molar-refractivity contribution in [1.82, 2.24) is 0 Å². The zero-order valence-corrected chi connectivity index (χ0v) is 12.5. The maximum atomic E-state index is 13.3. The number of anilines is 1. The highest BCUT2D eigenvalue weighted by molar-refractivity contribution is 9.10. The van der Waals surface area contributed by atoms with Gasteiger partial charge in [0.25, 0.3) is 0 Å². The van der Waals surface area contributed by atoms with E-state index in [0.29, 0.717) is 22.5 Å². The van der Waals surface area contributed by atoms with Crippen molar-refractivity contribution in [3.8, 4) is 5.75 Å². The minimum absolute atomic E-state index is 0.306. The number of hydrogen-bond acceptors (Lipinski definition) is 2. The van der Waals surface area contributed by atoms with E-state index in [1.165, 1.54) is 6.07 Å². The molecule has 0 aliphatic heterocycles. The van der Waals surface area contributed by atoms with Crippen LogP contribution in [0, 0.1) is 5.82 Å². The third kappa shape index (κ3) is 3.23. The van der Waals surface area contributed by atoms with Crippen LogP contribution >= 0.6 is 31.9 Å². The van der Waals surface area contributed by atoms with Gasteiger partial charge in [-0.25, -0.2) is 4.39 Å². The standard InChI is InChI=1S/C13H10Br2FNO/c14-9-2-1-8(13(17)5-9)7-18-10-3-4-11(15)12(16)6-10/h1-6H,7,17H2. The molecule has 2 N–H and O–H groups in total. The topological polar surface area (TPSA) is 35.2 Å². The van der Waals surface area contributed by atoms with Crippen LogP contribution in [0.4, 0.5) is 10.1 Å². The zero-order valence-electron chi connectivity index (χ0n) is 9.29. The summed E-state index contributed by atoms with van der Waals surface area (Å²) in [5.74, 6) is 0.120. The quantitative estimate of drug-likeness (QED) is 0.802. The zero-order chi connectivity index (χ0) is 13.1. The van der Waals surface area contributed by atoms with Crippen LogP contribution in [0.1, 0.15) is 5.56 Å². The maximum Gasteiger partial charge on any atom is 0.141 e. The first-order valence-corrected chi connectivity index (χ1v) is 6.76. The first kappa shape index (κ1) is 13.4. The molecule has 0 saturated carbocycles. The Kier molecular flexibility index (Phi) is 4.24. The van der Waals surface area contributed by atoms with Gasteiger partial charge in [-0.2, -0.15) is 0 Å². The Labute approximate surface area is 121 Å². The summed E-state index contributed by atoms with van der Waals surface area (Å²) in [5, 5.41) is 0. The highest BCUT2D eigenvalue weighted by atomic mass is 79.9. The van der Waals surface area contributed by atoms with Crippen LogP contribution in [0.5, 0.6) is 5.75 Å². The Morgan fingerprint density at radius 2 is 1.89 bits per heavy atom. The van der Waals surface area contributed by atoms with Crippen molar-refractivity contribution in [2.45, 2.75) is 6.61 Å². The van der Waals surface area contributed by atoms with E-state index in [9.17, 15) is 4.39 Å². The molecule has 0 radical (unpaired) electrons. The van der Waals surface area contributed by atoms with Gasteiger partial charge in [-0.3, -0.25) is 0 Å². The van der Waals surface area contributed by atoms with Crippen molar-refractivity contribution in [2.75, 3.05) is 5.73 Å². The number of hydrogen-bond donors (Lipinski definition) is 1. The maximum absolute atomic E-state index is 13.3. The second-order valence-electron chi connectivity index (χ2n) is 3.71. The molecule has 0 amide bonds. The summed E-state index contributed by atoms with van der Waals surface area (Å²) >= 11 is 6.42. The number of ether oxygens (including phenoxy) is 1. The van der Waals surface area contributed by atoms with Crippen molar-refractivity contribution in [3.63, 3.8) is 0 Å². The molecule has 2 aromatic rings. The minimum Gasteiger partial charge on any atom is -0.489 e. The second kappa shape index (κ2) is 5.71. The summed E-state index contributed by atoms with van der Waals surface area (Å²) in [6.07, 6.45) is 0. The van der Waals surface area contributed by atoms with Crippen LogP contribution < -0.4 is 10.5 Å². The van der Waals surface area contributed by atoms with E-state index in [-0.39, 0.29) is 5.82 Å². The smallest absolute Gasteiger partial charge is 0.141 e. The summed E-state index contributed by atoms with van der Waals surface area (Å²) in [7, 11) is 0. The van der Waals surface area contributed by atoms with Crippen LogP contribution in [0.2, 0.25) is 0 Å². The minimum atomic E-state index is -0.351. The van der Waals surface area contributed by atoms with Gasteiger partial charge in [-0.1, -0.05) is 22.0 Å². The van der Waals surface area contributed by atoms with Gasteiger partial charge < -0.3 is 10.5 Å². The van der Waals surface area contributed by atoms with Crippen LogP contribution in [0.15, 0.2) is 45.3 Å². The lowest BCUT2D eigenvalue weighted by atomic mass is 10.2. The van der Waals surface area contributed by atoms with Gasteiger partial charge >= 0.3 is 0 Å². The third-order valence-electron chi connectivity index (χ3n) is 2.39. The molecule has 5 heteroatoms. The molecule has 18 heavy (non-hydrogen) atoms. The van der Waals surface area contributed by atoms with Gasteiger partial charge in [0.05, 0.1) is 4.47 Å².